The topological polar surface area (TPSA) is 44.5 Å². The third-order valence-corrected chi connectivity index (χ3v) is 2.74. The van der Waals surface area contributed by atoms with Crippen LogP contribution in [0.25, 0.3) is 0 Å². The fourth-order valence-electron chi connectivity index (χ4n) is 1.51. The maximum atomic E-state index is 5.91. The van der Waals surface area contributed by atoms with E-state index in [9.17, 15) is 0 Å². The molecule has 0 radical (unpaired) electrons. The molecule has 1 rings (SSSR count). The molecule has 0 saturated carbocycles. The first-order chi connectivity index (χ1) is 7.66. The molecule has 0 bridgehead atoms. The number of hydrogen-bond acceptors (Lipinski definition) is 3. The molecular weight excluding hydrogens is 202 g/mol. The van der Waals surface area contributed by atoms with E-state index in [1.54, 1.807) is 7.11 Å². The number of methoxy groups -OCH3 is 1. The van der Waals surface area contributed by atoms with Gasteiger partial charge in [-0.15, -0.1) is 0 Å². The Balaban J connectivity index is 2.75. The molecule has 2 atom stereocenters. The molecule has 0 fully saturated rings. The van der Waals surface area contributed by atoms with Crippen molar-refractivity contribution < 1.29 is 9.47 Å². The second-order valence-corrected chi connectivity index (χ2v) is 4.03. The average Bonchev–Trinajstić information content (AvgIpc) is 2.29. The lowest BCUT2D eigenvalue weighted by atomic mass is 9.94. The van der Waals surface area contributed by atoms with Gasteiger partial charge in [-0.3, -0.25) is 0 Å². The minimum absolute atomic E-state index is 0.118. The zero-order chi connectivity index (χ0) is 12.0. The fraction of sp³-hybridized carbons (Fsp3) is 0.538. The Bertz CT molecular complexity index is 313. The summed E-state index contributed by atoms with van der Waals surface area (Å²) in [5.41, 5.74) is 7.07. The molecule has 0 aliphatic rings. The molecular formula is C13H21NO2. The van der Waals surface area contributed by atoms with Crippen molar-refractivity contribution in [2.24, 2.45) is 5.73 Å². The quantitative estimate of drug-likeness (QED) is 0.752. The summed E-state index contributed by atoms with van der Waals surface area (Å²) in [6, 6.07) is 8.14. The SMILES string of the molecule is COCCOc1ccccc1C(C)C(C)N. The van der Waals surface area contributed by atoms with Crippen molar-refractivity contribution in [1.29, 1.82) is 0 Å². The molecule has 3 heteroatoms. The summed E-state index contributed by atoms with van der Waals surface area (Å²) in [6.45, 7) is 5.29. The summed E-state index contributed by atoms with van der Waals surface area (Å²) in [6.07, 6.45) is 0. The van der Waals surface area contributed by atoms with Crippen molar-refractivity contribution in [3.63, 3.8) is 0 Å². The number of ether oxygens (including phenoxy) is 2. The van der Waals surface area contributed by atoms with E-state index in [0.29, 0.717) is 19.1 Å². The van der Waals surface area contributed by atoms with Gasteiger partial charge in [0.15, 0.2) is 0 Å². The maximum absolute atomic E-state index is 5.91. The van der Waals surface area contributed by atoms with Gasteiger partial charge in [0.1, 0.15) is 12.4 Å². The minimum atomic E-state index is 0.118. The van der Waals surface area contributed by atoms with Crippen LogP contribution in [0, 0.1) is 0 Å². The van der Waals surface area contributed by atoms with Crippen LogP contribution in [0.3, 0.4) is 0 Å². The number of para-hydroxylation sites is 1. The van der Waals surface area contributed by atoms with E-state index >= 15 is 0 Å². The van der Waals surface area contributed by atoms with Crippen LogP contribution in [-0.4, -0.2) is 26.4 Å². The van der Waals surface area contributed by atoms with Crippen LogP contribution >= 0.6 is 0 Å². The molecule has 90 valence electrons. The van der Waals surface area contributed by atoms with Gasteiger partial charge in [-0.2, -0.15) is 0 Å². The Hall–Kier alpha value is -1.06. The average molecular weight is 223 g/mol. The predicted octanol–water partition coefficient (Wildman–Crippen LogP) is 2.16. The number of rotatable bonds is 6. The van der Waals surface area contributed by atoms with Crippen LogP contribution in [0.4, 0.5) is 0 Å². The Kier molecular flexibility index (Phi) is 5.29. The van der Waals surface area contributed by atoms with E-state index < -0.39 is 0 Å². The third-order valence-electron chi connectivity index (χ3n) is 2.74. The number of nitrogens with two attached hydrogens (primary N) is 1. The molecule has 0 heterocycles. The molecule has 0 aliphatic heterocycles. The lowest BCUT2D eigenvalue weighted by Crippen LogP contribution is -2.23. The van der Waals surface area contributed by atoms with Crippen molar-refractivity contribution in [3.05, 3.63) is 29.8 Å². The third kappa shape index (κ3) is 3.51. The van der Waals surface area contributed by atoms with Gasteiger partial charge in [0.05, 0.1) is 6.61 Å². The smallest absolute Gasteiger partial charge is 0.122 e. The summed E-state index contributed by atoms with van der Waals surface area (Å²) in [5, 5.41) is 0. The fourth-order valence-corrected chi connectivity index (χ4v) is 1.51. The van der Waals surface area contributed by atoms with E-state index in [4.69, 9.17) is 15.2 Å². The van der Waals surface area contributed by atoms with Crippen LogP contribution in [-0.2, 0) is 4.74 Å². The summed E-state index contributed by atoms with van der Waals surface area (Å²) >= 11 is 0. The van der Waals surface area contributed by atoms with Crippen LogP contribution in [0.2, 0.25) is 0 Å². The van der Waals surface area contributed by atoms with Crippen molar-refractivity contribution in [1.82, 2.24) is 0 Å². The molecule has 0 amide bonds. The highest BCUT2D eigenvalue weighted by Crippen LogP contribution is 2.27. The lowest BCUT2D eigenvalue weighted by molar-refractivity contribution is 0.145. The van der Waals surface area contributed by atoms with Gasteiger partial charge in [0.25, 0.3) is 0 Å². The van der Waals surface area contributed by atoms with Gasteiger partial charge in [-0.25, -0.2) is 0 Å². The highest BCUT2D eigenvalue weighted by atomic mass is 16.5. The second kappa shape index (κ2) is 6.51. The molecule has 0 aromatic heterocycles. The van der Waals surface area contributed by atoms with Gasteiger partial charge in [0.2, 0.25) is 0 Å². The van der Waals surface area contributed by atoms with E-state index in [0.717, 1.165) is 11.3 Å². The van der Waals surface area contributed by atoms with Crippen molar-refractivity contribution >= 4 is 0 Å². The van der Waals surface area contributed by atoms with E-state index in [-0.39, 0.29) is 6.04 Å². The minimum Gasteiger partial charge on any atom is -0.491 e. The maximum Gasteiger partial charge on any atom is 0.122 e. The lowest BCUT2D eigenvalue weighted by Gasteiger charge is -2.19. The Morgan fingerprint density at radius 1 is 1.19 bits per heavy atom. The van der Waals surface area contributed by atoms with Crippen LogP contribution < -0.4 is 10.5 Å². The predicted molar refractivity (Wildman–Crippen MR) is 65.9 cm³/mol. The zero-order valence-electron chi connectivity index (χ0n) is 10.3. The first kappa shape index (κ1) is 13.0. The largest absolute Gasteiger partial charge is 0.491 e. The zero-order valence-corrected chi connectivity index (χ0v) is 10.3. The summed E-state index contributed by atoms with van der Waals surface area (Å²) in [5.74, 6) is 1.20. The first-order valence-corrected chi connectivity index (χ1v) is 5.63. The van der Waals surface area contributed by atoms with Gasteiger partial charge in [-0.05, 0) is 24.5 Å². The van der Waals surface area contributed by atoms with Gasteiger partial charge in [-0.1, -0.05) is 25.1 Å². The standard InChI is InChI=1S/C13H21NO2/c1-10(11(2)14)12-6-4-5-7-13(12)16-9-8-15-3/h4-7,10-11H,8-9,14H2,1-3H3. The van der Waals surface area contributed by atoms with Crippen LogP contribution in [0.15, 0.2) is 24.3 Å². The number of hydrogen-bond donors (Lipinski definition) is 1. The molecule has 1 aromatic rings. The molecule has 0 saturated heterocycles. The van der Waals surface area contributed by atoms with Crippen molar-refractivity contribution in [3.8, 4) is 5.75 Å². The summed E-state index contributed by atoms with van der Waals surface area (Å²) < 4.78 is 10.6. The summed E-state index contributed by atoms with van der Waals surface area (Å²) in [4.78, 5) is 0. The van der Waals surface area contributed by atoms with Crippen molar-refractivity contribution in [2.45, 2.75) is 25.8 Å². The molecule has 16 heavy (non-hydrogen) atoms. The first-order valence-electron chi connectivity index (χ1n) is 5.63. The molecule has 0 aliphatic carbocycles. The monoisotopic (exact) mass is 223 g/mol. The molecule has 2 N–H and O–H groups in total. The second-order valence-electron chi connectivity index (χ2n) is 4.03. The van der Waals surface area contributed by atoms with E-state index in [2.05, 4.69) is 13.0 Å². The van der Waals surface area contributed by atoms with Crippen LogP contribution in [0.5, 0.6) is 5.75 Å². The normalized spacial score (nSPS) is 14.5. The molecule has 2 unspecified atom stereocenters. The highest BCUT2D eigenvalue weighted by molar-refractivity contribution is 5.36. The Morgan fingerprint density at radius 2 is 1.88 bits per heavy atom. The van der Waals surface area contributed by atoms with Gasteiger partial charge >= 0.3 is 0 Å². The Morgan fingerprint density at radius 3 is 2.50 bits per heavy atom. The van der Waals surface area contributed by atoms with Gasteiger partial charge in [0, 0.05) is 13.2 Å². The van der Waals surface area contributed by atoms with E-state index in [1.165, 1.54) is 0 Å². The van der Waals surface area contributed by atoms with Gasteiger partial charge < -0.3 is 15.2 Å². The Labute approximate surface area is 97.6 Å². The van der Waals surface area contributed by atoms with E-state index in [1.807, 2.05) is 25.1 Å². The molecule has 3 nitrogen and oxygen atoms in total. The van der Waals surface area contributed by atoms with Crippen molar-refractivity contribution in [2.75, 3.05) is 20.3 Å². The van der Waals surface area contributed by atoms with Crippen LogP contribution in [0.1, 0.15) is 25.3 Å². The molecule has 1 aromatic carbocycles. The highest BCUT2D eigenvalue weighted by Gasteiger charge is 2.14. The molecule has 0 spiro atoms. The number of benzene rings is 1. The summed E-state index contributed by atoms with van der Waals surface area (Å²) in [7, 11) is 1.67.